The summed E-state index contributed by atoms with van der Waals surface area (Å²) in [5.74, 6) is 4.96. The highest BCUT2D eigenvalue weighted by Gasteiger charge is 2.29. The fourth-order valence-electron chi connectivity index (χ4n) is 1.94. The largest absolute Gasteiger partial charge is 0.354 e. The lowest BCUT2D eigenvalue weighted by Crippen LogP contribution is -2.36. The van der Waals surface area contributed by atoms with Gasteiger partial charge in [-0.15, -0.1) is 0 Å². The molecule has 1 amide bonds. The number of hydrogen-bond donors (Lipinski definition) is 4. The van der Waals surface area contributed by atoms with Gasteiger partial charge in [0.25, 0.3) is 5.69 Å². The number of nitro benzene ring substituents is 1. The molecule has 0 radical (unpaired) electrons. The van der Waals surface area contributed by atoms with Crippen molar-refractivity contribution in [1.29, 1.82) is 0 Å². The quantitative estimate of drug-likeness (QED) is 0.310. The predicted molar refractivity (Wildman–Crippen MR) is 72.6 cm³/mol. The van der Waals surface area contributed by atoms with Crippen molar-refractivity contribution in [3.8, 4) is 0 Å². The average Bonchev–Trinajstić information content (AvgIpc) is 2.82. The molecule has 1 atom stereocenters. The Kier molecular flexibility index (Phi) is 4.06. The van der Waals surface area contributed by atoms with Crippen LogP contribution in [0.2, 0.25) is 0 Å². The van der Waals surface area contributed by atoms with Gasteiger partial charge < -0.3 is 10.7 Å². The van der Waals surface area contributed by atoms with Gasteiger partial charge in [0.05, 0.1) is 10.6 Å². The van der Waals surface area contributed by atoms with E-state index in [1.807, 2.05) is 0 Å². The first-order valence-corrected chi connectivity index (χ1v) is 7.36. The van der Waals surface area contributed by atoms with Gasteiger partial charge in [-0.3, -0.25) is 20.8 Å². The maximum atomic E-state index is 12.3. The molecule has 114 valence electrons. The molecule has 21 heavy (non-hydrogen) atoms. The molecular formula is C10H13N5O5S. The first-order valence-electron chi connectivity index (χ1n) is 5.87. The van der Waals surface area contributed by atoms with E-state index in [-0.39, 0.29) is 35.1 Å². The maximum absolute atomic E-state index is 12.3. The monoisotopic (exact) mass is 315 g/mol. The van der Waals surface area contributed by atoms with Crippen molar-refractivity contribution in [1.82, 2.24) is 10.0 Å². The van der Waals surface area contributed by atoms with Gasteiger partial charge in [0.2, 0.25) is 15.9 Å². The summed E-state index contributed by atoms with van der Waals surface area (Å²) in [6, 6.07) is 2.63. The molecule has 2 rings (SSSR count). The molecule has 1 aliphatic heterocycles. The minimum atomic E-state index is -4.06. The average molecular weight is 315 g/mol. The number of nitrogens with zero attached hydrogens (tertiary/aromatic N) is 1. The van der Waals surface area contributed by atoms with Crippen molar-refractivity contribution in [3.05, 3.63) is 28.3 Å². The molecule has 0 saturated carbocycles. The van der Waals surface area contributed by atoms with Crippen LogP contribution in [-0.2, 0) is 14.8 Å². The van der Waals surface area contributed by atoms with Crippen LogP contribution in [0, 0.1) is 10.1 Å². The SMILES string of the molecule is NNc1ccc([N+](=O)[O-])cc1S(=O)(=O)NC1CNC(=O)C1. The summed E-state index contributed by atoms with van der Waals surface area (Å²) in [5, 5.41) is 13.2. The number of nitrogen functional groups attached to an aromatic ring is 1. The second-order valence-corrected chi connectivity index (χ2v) is 6.09. The lowest BCUT2D eigenvalue weighted by atomic mass is 10.3. The molecule has 1 aromatic rings. The number of hydrogen-bond acceptors (Lipinski definition) is 7. The first kappa shape index (κ1) is 15.2. The highest BCUT2D eigenvalue weighted by atomic mass is 32.2. The molecule has 0 aromatic heterocycles. The highest BCUT2D eigenvalue weighted by Crippen LogP contribution is 2.26. The van der Waals surface area contributed by atoms with Crippen LogP contribution in [0.3, 0.4) is 0 Å². The summed E-state index contributed by atoms with van der Waals surface area (Å²) < 4.78 is 26.9. The van der Waals surface area contributed by atoms with Crippen molar-refractivity contribution in [2.75, 3.05) is 12.0 Å². The zero-order valence-electron chi connectivity index (χ0n) is 10.7. The summed E-state index contributed by atoms with van der Waals surface area (Å²) in [7, 11) is -4.06. The summed E-state index contributed by atoms with van der Waals surface area (Å²) >= 11 is 0. The topological polar surface area (TPSA) is 156 Å². The van der Waals surface area contributed by atoms with Gasteiger partial charge in [0.1, 0.15) is 4.90 Å². The number of nitrogens with one attached hydrogen (secondary N) is 3. The second kappa shape index (κ2) is 5.63. The Hall–Kier alpha value is -2.24. The van der Waals surface area contributed by atoms with Gasteiger partial charge in [0, 0.05) is 31.1 Å². The molecule has 1 saturated heterocycles. The predicted octanol–water partition coefficient (Wildman–Crippen LogP) is -0.953. The summed E-state index contributed by atoms with van der Waals surface area (Å²) in [6.45, 7) is 0.165. The van der Waals surface area contributed by atoms with Crippen LogP contribution in [-0.4, -0.2) is 31.8 Å². The maximum Gasteiger partial charge on any atom is 0.270 e. The van der Waals surface area contributed by atoms with Crippen LogP contribution in [0.4, 0.5) is 11.4 Å². The third kappa shape index (κ3) is 3.26. The lowest BCUT2D eigenvalue weighted by molar-refractivity contribution is -0.385. The third-order valence-corrected chi connectivity index (χ3v) is 4.48. The fraction of sp³-hybridized carbons (Fsp3) is 0.300. The number of rotatable bonds is 5. The van der Waals surface area contributed by atoms with Crippen molar-refractivity contribution in [2.45, 2.75) is 17.4 Å². The Morgan fingerprint density at radius 2 is 2.14 bits per heavy atom. The molecule has 5 N–H and O–H groups in total. The minimum Gasteiger partial charge on any atom is -0.354 e. The van der Waals surface area contributed by atoms with Crippen LogP contribution in [0.5, 0.6) is 0 Å². The Labute approximate surface area is 119 Å². The lowest BCUT2D eigenvalue weighted by Gasteiger charge is -2.14. The van der Waals surface area contributed by atoms with E-state index >= 15 is 0 Å². The van der Waals surface area contributed by atoms with Gasteiger partial charge in [0.15, 0.2) is 0 Å². The molecule has 1 aromatic carbocycles. The number of nitrogens with two attached hydrogens (primary N) is 1. The van der Waals surface area contributed by atoms with E-state index < -0.39 is 21.0 Å². The van der Waals surface area contributed by atoms with Crippen molar-refractivity contribution in [3.63, 3.8) is 0 Å². The zero-order valence-corrected chi connectivity index (χ0v) is 11.5. The van der Waals surface area contributed by atoms with Crippen molar-refractivity contribution < 1.29 is 18.1 Å². The smallest absolute Gasteiger partial charge is 0.270 e. The summed E-state index contributed by atoms with van der Waals surface area (Å²) in [4.78, 5) is 20.8. The van der Waals surface area contributed by atoms with E-state index in [2.05, 4.69) is 15.5 Å². The Morgan fingerprint density at radius 3 is 2.67 bits per heavy atom. The third-order valence-electron chi connectivity index (χ3n) is 2.92. The molecule has 0 aliphatic carbocycles. The number of sulfonamides is 1. The van der Waals surface area contributed by atoms with Crippen LogP contribution in [0.25, 0.3) is 0 Å². The number of anilines is 1. The summed E-state index contributed by atoms with van der Waals surface area (Å²) in [5.41, 5.74) is 1.82. The molecule has 0 bridgehead atoms. The molecule has 10 nitrogen and oxygen atoms in total. The number of benzene rings is 1. The molecule has 1 fully saturated rings. The first-order chi connectivity index (χ1) is 9.83. The van der Waals surface area contributed by atoms with Crippen molar-refractivity contribution >= 4 is 27.3 Å². The van der Waals surface area contributed by atoms with Gasteiger partial charge in [-0.2, -0.15) is 0 Å². The molecule has 1 heterocycles. The van der Waals surface area contributed by atoms with E-state index in [9.17, 15) is 23.3 Å². The molecule has 1 aliphatic rings. The van der Waals surface area contributed by atoms with E-state index in [4.69, 9.17) is 5.84 Å². The molecule has 11 heteroatoms. The summed E-state index contributed by atoms with van der Waals surface area (Å²) in [6.07, 6.45) is 0.0134. The molecular weight excluding hydrogens is 302 g/mol. The van der Waals surface area contributed by atoms with E-state index in [0.717, 1.165) is 12.1 Å². The van der Waals surface area contributed by atoms with E-state index in [0.29, 0.717) is 0 Å². The number of hydrazine groups is 1. The van der Waals surface area contributed by atoms with Gasteiger partial charge in [-0.05, 0) is 6.07 Å². The number of non-ortho nitro benzene ring substituents is 1. The van der Waals surface area contributed by atoms with E-state index in [1.54, 1.807) is 0 Å². The van der Waals surface area contributed by atoms with Crippen LogP contribution < -0.4 is 21.3 Å². The fourth-order valence-corrected chi connectivity index (χ4v) is 3.36. The number of nitro groups is 1. The van der Waals surface area contributed by atoms with E-state index in [1.165, 1.54) is 6.07 Å². The Bertz CT molecular complexity index is 689. The number of amides is 1. The van der Waals surface area contributed by atoms with Crippen LogP contribution in [0.15, 0.2) is 23.1 Å². The van der Waals surface area contributed by atoms with Crippen molar-refractivity contribution in [2.24, 2.45) is 5.84 Å². The second-order valence-electron chi connectivity index (χ2n) is 4.41. The Morgan fingerprint density at radius 1 is 1.43 bits per heavy atom. The zero-order chi connectivity index (χ0) is 15.6. The number of carbonyl (C=O) groups is 1. The van der Waals surface area contributed by atoms with Gasteiger partial charge >= 0.3 is 0 Å². The van der Waals surface area contributed by atoms with Gasteiger partial charge in [-0.1, -0.05) is 0 Å². The van der Waals surface area contributed by atoms with Crippen LogP contribution >= 0.6 is 0 Å². The standard InChI is InChI=1S/C10H13N5O5S/c11-13-8-2-1-7(15(17)18)4-9(8)21(19,20)14-6-3-10(16)12-5-6/h1-2,4,6,13-14H,3,5,11H2,(H,12,16). The minimum absolute atomic E-state index is 0.0134. The van der Waals surface area contributed by atoms with Crippen LogP contribution in [0.1, 0.15) is 6.42 Å². The normalized spacial score (nSPS) is 18.3. The Balaban J connectivity index is 2.35. The molecule has 1 unspecified atom stereocenters. The number of carbonyl (C=O) groups excluding carboxylic acids is 1. The highest BCUT2D eigenvalue weighted by molar-refractivity contribution is 7.89. The molecule has 0 spiro atoms. The van der Waals surface area contributed by atoms with Gasteiger partial charge in [-0.25, -0.2) is 13.1 Å².